The molecule has 1 amide bonds. The molecule has 17 heavy (non-hydrogen) atoms. The van der Waals surface area contributed by atoms with Gasteiger partial charge in [-0.05, 0) is 6.92 Å². The van der Waals surface area contributed by atoms with Crippen LogP contribution in [0, 0.1) is 0 Å². The van der Waals surface area contributed by atoms with Gasteiger partial charge in [0, 0.05) is 36.5 Å². The smallest absolute Gasteiger partial charge is 0.221 e. The fourth-order valence-electron chi connectivity index (χ4n) is 1.17. The maximum Gasteiger partial charge on any atom is 0.221 e. The maximum atomic E-state index is 11.2. The van der Waals surface area contributed by atoms with Gasteiger partial charge in [-0.3, -0.25) is 4.79 Å². The predicted molar refractivity (Wildman–Crippen MR) is 70.4 cm³/mol. The number of aromatic nitrogens is 2. The van der Waals surface area contributed by atoms with Crippen LogP contribution in [0.15, 0.2) is 0 Å². The molecule has 0 unspecified atom stereocenters. The third-order valence-corrected chi connectivity index (χ3v) is 2.77. The summed E-state index contributed by atoms with van der Waals surface area (Å²) >= 11 is 1.34. The first-order chi connectivity index (χ1) is 7.93. The van der Waals surface area contributed by atoms with Crippen LogP contribution in [-0.4, -0.2) is 28.4 Å². The van der Waals surface area contributed by atoms with E-state index < -0.39 is 0 Å². The van der Waals surface area contributed by atoms with Crippen LogP contribution in [0.2, 0.25) is 0 Å². The van der Waals surface area contributed by atoms with Crippen LogP contribution in [0.25, 0.3) is 0 Å². The van der Waals surface area contributed by atoms with Gasteiger partial charge in [-0.1, -0.05) is 20.8 Å². The second-order valence-electron chi connectivity index (χ2n) is 4.80. The normalized spacial score (nSPS) is 11.3. The summed E-state index contributed by atoms with van der Waals surface area (Å²) in [6.07, 6.45) is 0.457. The molecule has 0 aliphatic rings. The van der Waals surface area contributed by atoms with E-state index in [1.807, 2.05) is 6.92 Å². The van der Waals surface area contributed by atoms with Crippen LogP contribution in [0.4, 0.5) is 5.13 Å². The van der Waals surface area contributed by atoms with Crippen LogP contribution >= 0.6 is 11.5 Å². The number of anilines is 1. The minimum absolute atomic E-state index is 0.0317. The third kappa shape index (κ3) is 4.68. The minimum Gasteiger partial charge on any atom is -0.360 e. The Bertz CT molecular complexity index is 370. The van der Waals surface area contributed by atoms with Gasteiger partial charge in [-0.25, -0.2) is 4.98 Å². The van der Waals surface area contributed by atoms with Gasteiger partial charge in [0.1, 0.15) is 5.82 Å². The molecule has 0 saturated carbocycles. The van der Waals surface area contributed by atoms with Crippen molar-refractivity contribution in [2.24, 2.45) is 0 Å². The Morgan fingerprint density at radius 3 is 2.65 bits per heavy atom. The Morgan fingerprint density at radius 1 is 1.41 bits per heavy atom. The number of nitrogens with zero attached hydrogens (tertiary/aromatic N) is 2. The molecule has 0 saturated heterocycles. The van der Waals surface area contributed by atoms with Crippen molar-refractivity contribution in [1.29, 1.82) is 0 Å². The molecule has 96 valence electrons. The molecule has 0 aromatic carbocycles. The zero-order valence-corrected chi connectivity index (χ0v) is 11.6. The number of hydrogen-bond donors (Lipinski definition) is 2. The van der Waals surface area contributed by atoms with Gasteiger partial charge in [0.15, 0.2) is 0 Å². The lowest BCUT2D eigenvalue weighted by Crippen LogP contribution is -2.24. The van der Waals surface area contributed by atoms with Gasteiger partial charge in [-0.2, -0.15) is 4.37 Å². The van der Waals surface area contributed by atoms with Gasteiger partial charge in [0.05, 0.1) is 0 Å². The van der Waals surface area contributed by atoms with E-state index in [2.05, 4.69) is 40.8 Å². The molecule has 1 heterocycles. The molecule has 1 aromatic rings. The van der Waals surface area contributed by atoms with E-state index in [1.54, 1.807) is 0 Å². The summed E-state index contributed by atoms with van der Waals surface area (Å²) < 4.78 is 4.29. The Hall–Kier alpha value is -1.17. The van der Waals surface area contributed by atoms with Crippen molar-refractivity contribution in [2.45, 2.75) is 39.5 Å². The average Bonchev–Trinajstić information content (AvgIpc) is 2.66. The number of carbonyl (C=O) groups is 1. The zero-order valence-electron chi connectivity index (χ0n) is 10.8. The fraction of sp³-hybridized carbons (Fsp3) is 0.727. The van der Waals surface area contributed by atoms with Crippen molar-refractivity contribution < 1.29 is 4.79 Å². The van der Waals surface area contributed by atoms with Crippen molar-refractivity contribution in [3.8, 4) is 0 Å². The highest BCUT2D eigenvalue weighted by Crippen LogP contribution is 2.22. The van der Waals surface area contributed by atoms with E-state index in [-0.39, 0.29) is 11.3 Å². The molecule has 0 radical (unpaired) electrons. The van der Waals surface area contributed by atoms with Crippen molar-refractivity contribution in [3.05, 3.63) is 5.82 Å². The second kappa shape index (κ2) is 5.95. The zero-order chi connectivity index (χ0) is 12.9. The number of hydrogen-bond acceptors (Lipinski definition) is 5. The lowest BCUT2D eigenvalue weighted by atomic mass is 9.96. The molecule has 6 heteroatoms. The Morgan fingerprint density at radius 2 is 2.12 bits per heavy atom. The molecule has 1 rings (SSSR count). The van der Waals surface area contributed by atoms with Crippen LogP contribution in [0.3, 0.4) is 0 Å². The summed E-state index contributed by atoms with van der Waals surface area (Å²) in [5.41, 5.74) is -0.0317. The highest BCUT2D eigenvalue weighted by molar-refractivity contribution is 7.09. The summed E-state index contributed by atoms with van der Waals surface area (Å²) in [6, 6.07) is 0. The third-order valence-electron chi connectivity index (χ3n) is 2.10. The molecule has 0 aliphatic carbocycles. The van der Waals surface area contributed by atoms with Gasteiger partial charge in [0.2, 0.25) is 11.0 Å². The summed E-state index contributed by atoms with van der Waals surface area (Å²) in [5.74, 6) is 0.892. The number of rotatable bonds is 5. The summed E-state index contributed by atoms with van der Waals surface area (Å²) in [7, 11) is 0. The summed E-state index contributed by atoms with van der Waals surface area (Å²) in [4.78, 5) is 15.6. The van der Waals surface area contributed by atoms with E-state index >= 15 is 0 Å². The lowest BCUT2D eigenvalue weighted by Gasteiger charge is -2.12. The maximum absolute atomic E-state index is 11.2. The van der Waals surface area contributed by atoms with E-state index in [9.17, 15) is 4.79 Å². The van der Waals surface area contributed by atoms with Crippen LogP contribution in [0.5, 0.6) is 0 Å². The summed E-state index contributed by atoms with van der Waals surface area (Å²) in [5, 5.41) is 6.64. The van der Waals surface area contributed by atoms with E-state index in [4.69, 9.17) is 0 Å². The summed E-state index contributed by atoms with van der Waals surface area (Å²) in [6.45, 7) is 9.40. The molecular formula is C11H20N4OS. The highest BCUT2D eigenvalue weighted by atomic mass is 32.1. The van der Waals surface area contributed by atoms with Crippen molar-refractivity contribution in [3.63, 3.8) is 0 Å². The van der Waals surface area contributed by atoms with Gasteiger partial charge in [0.25, 0.3) is 0 Å². The minimum atomic E-state index is -0.0317. The number of amides is 1. The monoisotopic (exact) mass is 256 g/mol. The Labute approximate surface area is 106 Å². The van der Waals surface area contributed by atoms with Crippen LogP contribution in [0.1, 0.15) is 39.9 Å². The topological polar surface area (TPSA) is 66.9 Å². The molecule has 0 aliphatic heterocycles. The largest absolute Gasteiger partial charge is 0.360 e. The molecule has 1 aromatic heterocycles. The number of carbonyl (C=O) groups excluding carboxylic acids is 1. The molecule has 0 fully saturated rings. The SMILES string of the molecule is CCNC(=O)CCNc1nc(C(C)(C)C)ns1. The molecule has 2 N–H and O–H groups in total. The van der Waals surface area contributed by atoms with Crippen molar-refractivity contribution >= 4 is 22.6 Å². The number of nitrogens with one attached hydrogen (secondary N) is 2. The van der Waals surface area contributed by atoms with Crippen molar-refractivity contribution in [2.75, 3.05) is 18.4 Å². The van der Waals surface area contributed by atoms with Crippen LogP contribution in [-0.2, 0) is 10.2 Å². The molecule has 0 bridgehead atoms. The predicted octanol–water partition coefficient (Wildman–Crippen LogP) is 1.77. The van der Waals surface area contributed by atoms with E-state index in [0.29, 0.717) is 19.5 Å². The molecular weight excluding hydrogens is 236 g/mol. The Balaban J connectivity index is 2.38. The Kier molecular flexibility index (Phi) is 4.86. The lowest BCUT2D eigenvalue weighted by molar-refractivity contribution is -0.120. The fourth-order valence-corrected chi connectivity index (χ4v) is 1.95. The standard InChI is InChI=1S/C11H20N4OS/c1-5-12-8(16)6-7-13-10-14-9(15-17-10)11(2,3)4/h5-7H2,1-4H3,(H,12,16)(H,13,14,15). The van der Waals surface area contributed by atoms with E-state index in [0.717, 1.165) is 11.0 Å². The highest BCUT2D eigenvalue weighted by Gasteiger charge is 2.19. The average molecular weight is 256 g/mol. The van der Waals surface area contributed by atoms with E-state index in [1.165, 1.54) is 11.5 Å². The molecule has 5 nitrogen and oxygen atoms in total. The molecule has 0 spiro atoms. The first-order valence-electron chi connectivity index (χ1n) is 5.78. The van der Waals surface area contributed by atoms with Gasteiger partial charge < -0.3 is 10.6 Å². The van der Waals surface area contributed by atoms with Crippen LogP contribution < -0.4 is 10.6 Å². The molecule has 0 atom stereocenters. The quantitative estimate of drug-likeness (QED) is 0.842. The first-order valence-corrected chi connectivity index (χ1v) is 6.55. The second-order valence-corrected chi connectivity index (χ2v) is 5.56. The van der Waals surface area contributed by atoms with Gasteiger partial charge >= 0.3 is 0 Å². The van der Waals surface area contributed by atoms with Gasteiger partial charge in [-0.15, -0.1) is 0 Å². The van der Waals surface area contributed by atoms with Crippen molar-refractivity contribution in [1.82, 2.24) is 14.7 Å². The first kappa shape index (κ1) is 13.9.